The fraction of sp³-hybridized carbons (Fsp3) is 0.286. The molecule has 7 heteroatoms. The van der Waals surface area contributed by atoms with Gasteiger partial charge in [-0.2, -0.15) is 0 Å². The number of amides is 2. The van der Waals surface area contributed by atoms with Crippen LogP contribution in [-0.4, -0.2) is 28.9 Å². The highest BCUT2D eigenvalue weighted by atomic mass is 19.1. The van der Waals surface area contributed by atoms with Gasteiger partial charge >= 0.3 is 5.97 Å². The summed E-state index contributed by atoms with van der Waals surface area (Å²) in [5.41, 5.74) is 1.11. The number of halogens is 1. The Bertz CT molecular complexity index is 898. The van der Waals surface area contributed by atoms with Crippen molar-refractivity contribution in [3.63, 3.8) is 0 Å². The lowest BCUT2D eigenvalue weighted by molar-refractivity contribution is -0.140. The summed E-state index contributed by atoms with van der Waals surface area (Å²) >= 11 is 0. The Morgan fingerprint density at radius 3 is 2.39 bits per heavy atom. The van der Waals surface area contributed by atoms with Crippen LogP contribution in [-0.2, 0) is 4.79 Å². The fourth-order valence-electron chi connectivity index (χ4n) is 2.64. The van der Waals surface area contributed by atoms with Crippen LogP contribution in [0, 0.1) is 18.7 Å². The quantitative estimate of drug-likeness (QED) is 0.677. The van der Waals surface area contributed by atoms with E-state index < -0.39 is 29.6 Å². The van der Waals surface area contributed by atoms with Crippen molar-refractivity contribution in [3.8, 4) is 0 Å². The summed E-state index contributed by atoms with van der Waals surface area (Å²) in [6.45, 7) is 5.32. The number of aliphatic carboxylic acids is 1. The molecule has 0 aliphatic carbocycles. The summed E-state index contributed by atoms with van der Waals surface area (Å²) in [6.07, 6.45) is 0.592. The van der Waals surface area contributed by atoms with Crippen LogP contribution in [0.2, 0.25) is 0 Å². The van der Waals surface area contributed by atoms with E-state index in [2.05, 4.69) is 10.6 Å². The van der Waals surface area contributed by atoms with Crippen LogP contribution in [0.5, 0.6) is 0 Å². The first kappa shape index (κ1) is 21.1. The minimum absolute atomic E-state index is 0.112. The lowest BCUT2D eigenvalue weighted by Gasteiger charge is -2.20. The van der Waals surface area contributed by atoms with Crippen LogP contribution < -0.4 is 10.6 Å². The molecule has 0 radical (unpaired) electrons. The van der Waals surface area contributed by atoms with Crippen LogP contribution in [0.15, 0.2) is 42.5 Å². The van der Waals surface area contributed by atoms with Crippen LogP contribution in [0.3, 0.4) is 0 Å². The van der Waals surface area contributed by atoms with E-state index in [0.29, 0.717) is 17.7 Å². The Morgan fingerprint density at radius 2 is 1.79 bits per heavy atom. The van der Waals surface area contributed by atoms with Crippen molar-refractivity contribution in [2.45, 2.75) is 33.2 Å². The molecule has 0 aromatic heterocycles. The molecule has 0 saturated carbocycles. The van der Waals surface area contributed by atoms with E-state index in [1.165, 1.54) is 24.3 Å². The number of carbonyl (C=O) groups excluding carboxylic acids is 2. The Labute approximate surface area is 162 Å². The highest BCUT2D eigenvalue weighted by Gasteiger charge is 2.26. The molecule has 0 unspecified atom stereocenters. The third-order valence-corrected chi connectivity index (χ3v) is 4.63. The Morgan fingerprint density at radius 1 is 1.11 bits per heavy atom. The summed E-state index contributed by atoms with van der Waals surface area (Å²) in [5, 5.41) is 14.4. The topological polar surface area (TPSA) is 95.5 Å². The van der Waals surface area contributed by atoms with E-state index >= 15 is 0 Å². The molecule has 148 valence electrons. The van der Waals surface area contributed by atoms with E-state index in [1.54, 1.807) is 32.0 Å². The molecule has 3 N–H and O–H groups in total. The molecular formula is C21H23FN2O4. The molecule has 0 fully saturated rings. The zero-order chi connectivity index (χ0) is 20.8. The van der Waals surface area contributed by atoms with Crippen molar-refractivity contribution in [2.24, 2.45) is 5.92 Å². The van der Waals surface area contributed by atoms with Crippen molar-refractivity contribution < 1.29 is 23.9 Å². The van der Waals surface area contributed by atoms with E-state index in [-0.39, 0.29) is 17.0 Å². The number of carboxylic acid groups (broad SMARTS) is 1. The number of carbonyl (C=O) groups is 3. The number of anilines is 1. The maximum absolute atomic E-state index is 13.8. The average Bonchev–Trinajstić information content (AvgIpc) is 2.67. The van der Waals surface area contributed by atoms with Crippen molar-refractivity contribution in [2.75, 3.05) is 5.32 Å². The minimum atomic E-state index is -1.11. The van der Waals surface area contributed by atoms with Gasteiger partial charge < -0.3 is 15.7 Å². The van der Waals surface area contributed by atoms with Crippen molar-refractivity contribution in [1.29, 1.82) is 0 Å². The molecule has 2 aromatic carbocycles. The van der Waals surface area contributed by atoms with Crippen molar-refractivity contribution in [1.82, 2.24) is 5.32 Å². The molecule has 2 amide bonds. The SMILES string of the molecule is CC[C@H](C)[C@H](NC(=O)c1ccc(C)c(NC(=O)c2ccccc2F)c1)C(=O)O. The average molecular weight is 386 g/mol. The number of hydrogen-bond donors (Lipinski definition) is 3. The third-order valence-electron chi connectivity index (χ3n) is 4.63. The lowest BCUT2D eigenvalue weighted by Crippen LogP contribution is -2.45. The normalized spacial score (nSPS) is 12.7. The first-order valence-corrected chi connectivity index (χ1v) is 8.94. The van der Waals surface area contributed by atoms with Gasteiger partial charge in [0, 0.05) is 11.3 Å². The zero-order valence-electron chi connectivity index (χ0n) is 16.0. The van der Waals surface area contributed by atoms with Crippen LogP contribution in [0.25, 0.3) is 0 Å². The summed E-state index contributed by atoms with van der Waals surface area (Å²) < 4.78 is 13.8. The lowest BCUT2D eigenvalue weighted by atomic mass is 9.98. The van der Waals surface area contributed by atoms with Gasteiger partial charge in [-0.1, -0.05) is 38.5 Å². The number of aryl methyl sites for hydroxylation is 1. The van der Waals surface area contributed by atoms with Gasteiger partial charge in [0.25, 0.3) is 11.8 Å². The predicted octanol–water partition coefficient (Wildman–Crippen LogP) is 3.62. The monoisotopic (exact) mass is 386 g/mol. The second kappa shape index (κ2) is 9.12. The highest BCUT2D eigenvalue weighted by Crippen LogP contribution is 2.19. The van der Waals surface area contributed by atoms with Gasteiger partial charge in [0.05, 0.1) is 5.56 Å². The standard InChI is InChI=1S/C21H23FN2O4/c1-4-12(2)18(21(27)28)24-19(25)14-10-9-13(3)17(11-14)23-20(26)15-7-5-6-8-16(15)22/h5-12,18H,4H2,1-3H3,(H,23,26)(H,24,25)(H,27,28)/t12-,18-/m0/s1. The van der Waals surface area contributed by atoms with Crippen LogP contribution in [0.1, 0.15) is 46.5 Å². The molecule has 2 aromatic rings. The first-order chi connectivity index (χ1) is 13.2. The molecule has 0 aliphatic rings. The third kappa shape index (κ3) is 4.94. The summed E-state index contributed by atoms with van der Waals surface area (Å²) in [7, 11) is 0. The fourth-order valence-corrected chi connectivity index (χ4v) is 2.64. The molecule has 6 nitrogen and oxygen atoms in total. The summed E-state index contributed by atoms with van der Waals surface area (Å²) in [4.78, 5) is 36.3. The second-order valence-electron chi connectivity index (χ2n) is 6.64. The Kier molecular flexibility index (Phi) is 6.87. The van der Waals surface area contributed by atoms with Gasteiger partial charge in [-0.3, -0.25) is 9.59 Å². The van der Waals surface area contributed by atoms with Gasteiger partial charge in [-0.05, 0) is 42.7 Å². The maximum atomic E-state index is 13.8. The molecule has 2 rings (SSSR count). The van der Waals surface area contributed by atoms with Crippen molar-refractivity contribution >= 4 is 23.5 Å². The number of carboxylic acids is 1. The number of hydrogen-bond acceptors (Lipinski definition) is 3. The summed E-state index contributed by atoms with van der Waals surface area (Å²) in [6, 6.07) is 9.18. The number of rotatable bonds is 7. The highest BCUT2D eigenvalue weighted by molar-refractivity contribution is 6.06. The molecule has 0 heterocycles. The van der Waals surface area contributed by atoms with Crippen molar-refractivity contribution in [3.05, 3.63) is 65.0 Å². The molecule has 0 saturated heterocycles. The minimum Gasteiger partial charge on any atom is -0.480 e. The second-order valence-corrected chi connectivity index (χ2v) is 6.64. The van der Waals surface area contributed by atoms with Gasteiger partial charge in [0.1, 0.15) is 11.9 Å². The summed E-state index contributed by atoms with van der Waals surface area (Å²) in [5.74, 6) is -3.20. The van der Waals surface area contributed by atoms with E-state index in [1.807, 2.05) is 6.92 Å². The molecule has 0 spiro atoms. The van der Waals surface area contributed by atoms with Crippen LogP contribution in [0.4, 0.5) is 10.1 Å². The van der Waals surface area contributed by atoms with E-state index in [9.17, 15) is 23.9 Å². The smallest absolute Gasteiger partial charge is 0.326 e. The van der Waals surface area contributed by atoms with Gasteiger partial charge in [-0.25, -0.2) is 9.18 Å². The molecule has 2 atom stereocenters. The predicted molar refractivity (Wildman–Crippen MR) is 104 cm³/mol. The molecule has 0 aliphatic heterocycles. The van der Waals surface area contributed by atoms with Gasteiger partial charge in [0.15, 0.2) is 0 Å². The molecular weight excluding hydrogens is 363 g/mol. The van der Waals surface area contributed by atoms with Gasteiger partial charge in [-0.15, -0.1) is 0 Å². The molecule has 0 bridgehead atoms. The van der Waals surface area contributed by atoms with Gasteiger partial charge in [0.2, 0.25) is 0 Å². The Balaban J connectivity index is 2.22. The van der Waals surface area contributed by atoms with E-state index in [0.717, 1.165) is 0 Å². The van der Waals surface area contributed by atoms with E-state index in [4.69, 9.17) is 0 Å². The largest absolute Gasteiger partial charge is 0.480 e. The van der Waals surface area contributed by atoms with Crippen LogP contribution >= 0.6 is 0 Å². The number of nitrogens with one attached hydrogen (secondary N) is 2. The first-order valence-electron chi connectivity index (χ1n) is 8.94. The zero-order valence-corrected chi connectivity index (χ0v) is 16.0. The molecule has 28 heavy (non-hydrogen) atoms. The maximum Gasteiger partial charge on any atom is 0.326 e. The Hall–Kier alpha value is -3.22. The number of benzene rings is 2.